The lowest BCUT2D eigenvalue weighted by molar-refractivity contribution is -0.138. The summed E-state index contributed by atoms with van der Waals surface area (Å²) in [6.45, 7) is 8.55. The van der Waals surface area contributed by atoms with Crippen LogP contribution in [0.5, 0.6) is 0 Å². The largest absolute Gasteiger partial charge is 0.332 e. The van der Waals surface area contributed by atoms with Crippen LogP contribution in [0.15, 0.2) is 30.3 Å². The van der Waals surface area contributed by atoms with Gasteiger partial charge in [-0.3, -0.25) is 9.69 Å². The Morgan fingerprint density at radius 3 is 2.16 bits per heavy atom. The van der Waals surface area contributed by atoms with Crippen molar-refractivity contribution in [3.8, 4) is 0 Å². The molecule has 0 saturated carbocycles. The van der Waals surface area contributed by atoms with Gasteiger partial charge in [-0.1, -0.05) is 30.3 Å². The van der Waals surface area contributed by atoms with Crippen molar-refractivity contribution < 1.29 is 13.2 Å². The fourth-order valence-corrected chi connectivity index (χ4v) is 3.56. The van der Waals surface area contributed by atoms with Crippen molar-refractivity contribution in [3.63, 3.8) is 0 Å². The average molecular weight is 369 g/mol. The lowest BCUT2D eigenvalue weighted by atomic mass is 10.0. The fraction of sp³-hybridized carbons (Fsp3) is 0.588. The maximum absolute atomic E-state index is 12.9. The first-order valence-electron chi connectivity index (χ1n) is 8.42. The summed E-state index contributed by atoms with van der Waals surface area (Å²) < 4.78 is 24.0. The van der Waals surface area contributed by atoms with E-state index in [9.17, 15) is 13.2 Å². The number of carbonyl (C=O) groups excluding carboxylic acids is 1. The van der Waals surface area contributed by atoms with Gasteiger partial charge in [0.1, 0.15) is 0 Å². The Labute approximate surface area is 150 Å². The van der Waals surface area contributed by atoms with Gasteiger partial charge in [-0.25, -0.2) is 5.14 Å². The number of nitrogens with zero attached hydrogens (tertiary/aromatic N) is 3. The molecule has 2 rings (SSSR count). The molecule has 0 spiro atoms. The first kappa shape index (κ1) is 19.8. The summed E-state index contributed by atoms with van der Waals surface area (Å²) in [5.74, 6) is 0.0420. The second-order valence-electron chi connectivity index (χ2n) is 7.36. The second-order valence-corrected chi connectivity index (χ2v) is 8.90. The minimum absolute atomic E-state index is 0.0420. The molecule has 140 valence electrons. The first-order valence-corrected chi connectivity index (χ1v) is 9.92. The monoisotopic (exact) mass is 368 g/mol. The van der Waals surface area contributed by atoms with E-state index < -0.39 is 10.2 Å². The third kappa shape index (κ3) is 5.78. The fourth-order valence-electron chi connectivity index (χ4n) is 2.88. The van der Waals surface area contributed by atoms with Crippen LogP contribution < -0.4 is 5.14 Å². The van der Waals surface area contributed by atoms with Crippen molar-refractivity contribution in [1.82, 2.24) is 14.1 Å². The second kappa shape index (κ2) is 7.82. The normalized spacial score (nSPS) is 17.4. The predicted molar refractivity (Wildman–Crippen MR) is 97.9 cm³/mol. The van der Waals surface area contributed by atoms with Crippen LogP contribution in [0.4, 0.5) is 0 Å². The summed E-state index contributed by atoms with van der Waals surface area (Å²) in [6, 6.07) is 9.91. The summed E-state index contributed by atoms with van der Waals surface area (Å²) >= 11 is 0. The number of amides is 1. The Balaban J connectivity index is 1.99. The van der Waals surface area contributed by atoms with Crippen LogP contribution in [-0.4, -0.2) is 66.7 Å². The Hall–Kier alpha value is -1.48. The summed E-state index contributed by atoms with van der Waals surface area (Å²) in [7, 11) is -3.65. The van der Waals surface area contributed by atoms with Gasteiger partial charge < -0.3 is 4.90 Å². The Morgan fingerprint density at radius 2 is 1.68 bits per heavy atom. The molecule has 0 unspecified atom stereocenters. The summed E-state index contributed by atoms with van der Waals surface area (Å²) in [6.07, 6.45) is 0. The van der Waals surface area contributed by atoms with E-state index in [0.29, 0.717) is 32.7 Å². The van der Waals surface area contributed by atoms with Crippen molar-refractivity contribution in [2.24, 2.45) is 5.14 Å². The molecule has 1 saturated heterocycles. The smallest absolute Gasteiger partial charge is 0.276 e. The molecule has 7 nitrogen and oxygen atoms in total. The molecule has 1 aromatic rings. The third-order valence-electron chi connectivity index (χ3n) is 4.34. The van der Waals surface area contributed by atoms with Gasteiger partial charge in [-0.05, 0) is 26.3 Å². The van der Waals surface area contributed by atoms with Gasteiger partial charge in [0.2, 0.25) is 5.91 Å². The van der Waals surface area contributed by atoms with Crippen molar-refractivity contribution in [3.05, 3.63) is 35.9 Å². The maximum Gasteiger partial charge on any atom is 0.276 e. The molecule has 0 radical (unpaired) electrons. The Bertz CT molecular complexity index is 678. The Kier molecular flexibility index (Phi) is 6.21. The van der Waals surface area contributed by atoms with Crippen molar-refractivity contribution in [2.45, 2.75) is 32.9 Å². The minimum atomic E-state index is -3.65. The highest BCUT2D eigenvalue weighted by molar-refractivity contribution is 7.86. The van der Waals surface area contributed by atoms with Gasteiger partial charge in [0.25, 0.3) is 10.2 Å². The highest BCUT2D eigenvalue weighted by Gasteiger charge is 2.30. The van der Waals surface area contributed by atoms with Crippen LogP contribution in [-0.2, 0) is 21.5 Å². The zero-order chi connectivity index (χ0) is 18.7. The molecule has 1 heterocycles. The van der Waals surface area contributed by atoms with E-state index in [1.807, 2.05) is 60.9 Å². The number of hydrogen-bond donors (Lipinski definition) is 1. The minimum Gasteiger partial charge on any atom is -0.332 e. The number of benzene rings is 1. The van der Waals surface area contributed by atoms with E-state index in [1.54, 1.807) is 0 Å². The van der Waals surface area contributed by atoms with E-state index in [0.717, 1.165) is 5.56 Å². The van der Waals surface area contributed by atoms with Crippen LogP contribution in [0.25, 0.3) is 0 Å². The van der Waals surface area contributed by atoms with Crippen LogP contribution in [0.1, 0.15) is 26.3 Å². The molecule has 25 heavy (non-hydrogen) atoms. The van der Waals surface area contributed by atoms with Crippen molar-refractivity contribution in [1.29, 1.82) is 0 Å². The number of nitrogens with two attached hydrogens (primary N) is 1. The van der Waals surface area contributed by atoms with Gasteiger partial charge in [0.05, 0.1) is 6.54 Å². The maximum atomic E-state index is 12.9. The van der Waals surface area contributed by atoms with Gasteiger partial charge in [0, 0.05) is 38.3 Å². The van der Waals surface area contributed by atoms with Crippen LogP contribution in [0.3, 0.4) is 0 Å². The molecular formula is C17H28N4O3S. The standard InChI is InChI=1S/C17H28N4O3S/c1-17(2,3)21(13-15-7-5-4-6-8-15)16(22)14-19-9-11-20(12-10-19)25(18,23)24/h4-8H,9-14H2,1-3H3,(H2,18,23,24). The zero-order valence-corrected chi connectivity index (χ0v) is 16.0. The van der Waals surface area contributed by atoms with Crippen LogP contribution in [0, 0.1) is 0 Å². The van der Waals surface area contributed by atoms with E-state index in [2.05, 4.69) is 0 Å². The lowest BCUT2D eigenvalue weighted by Gasteiger charge is -2.39. The van der Waals surface area contributed by atoms with E-state index >= 15 is 0 Å². The van der Waals surface area contributed by atoms with Crippen LogP contribution >= 0.6 is 0 Å². The molecule has 1 amide bonds. The van der Waals surface area contributed by atoms with Crippen molar-refractivity contribution in [2.75, 3.05) is 32.7 Å². The summed E-state index contributed by atoms with van der Waals surface area (Å²) in [4.78, 5) is 16.7. The van der Waals surface area contributed by atoms with Crippen LogP contribution in [0.2, 0.25) is 0 Å². The lowest BCUT2D eigenvalue weighted by Crippen LogP contribution is -2.54. The molecule has 0 bridgehead atoms. The van der Waals surface area contributed by atoms with Gasteiger partial charge in [-0.15, -0.1) is 0 Å². The topological polar surface area (TPSA) is 86.9 Å². The molecular weight excluding hydrogens is 340 g/mol. The van der Waals surface area contributed by atoms with E-state index in [-0.39, 0.29) is 18.0 Å². The molecule has 0 aliphatic carbocycles. The summed E-state index contributed by atoms with van der Waals surface area (Å²) in [5.41, 5.74) is 0.792. The molecule has 0 atom stereocenters. The third-order valence-corrected chi connectivity index (χ3v) is 5.43. The SMILES string of the molecule is CC(C)(C)N(Cc1ccccc1)C(=O)CN1CCN(S(N)(=O)=O)CC1. The van der Waals surface area contributed by atoms with E-state index in [1.165, 1.54) is 4.31 Å². The highest BCUT2D eigenvalue weighted by atomic mass is 32.2. The summed E-state index contributed by atoms with van der Waals surface area (Å²) in [5, 5.41) is 5.15. The molecule has 1 aromatic carbocycles. The average Bonchev–Trinajstić information content (AvgIpc) is 2.52. The number of carbonyl (C=O) groups is 1. The molecule has 2 N–H and O–H groups in total. The molecule has 0 aromatic heterocycles. The van der Waals surface area contributed by atoms with Crippen molar-refractivity contribution >= 4 is 16.1 Å². The van der Waals surface area contributed by atoms with Gasteiger partial charge >= 0.3 is 0 Å². The van der Waals surface area contributed by atoms with Gasteiger partial charge in [-0.2, -0.15) is 12.7 Å². The molecule has 1 fully saturated rings. The zero-order valence-electron chi connectivity index (χ0n) is 15.2. The highest BCUT2D eigenvalue weighted by Crippen LogP contribution is 2.18. The predicted octanol–water partition coefficient (Wildman–Crippen LogP) is 0.635. The van der Waals surface area contributed by atoms with E-state index in [4.69, 9.17) is 5.14 Å². The Morgan fingerprint density at radius 1 is 1.12 bits per heavy atom. The number of hydrogen-bond acceptors (Lipinski definition) is 4. The molecule has 8 heteroatoms. The quantitative estimate of drug-likeness (QED) is 0.826. The van der Waals surface area contributed by atoms with Gasteiger partial charge in [0.15, 0.2) is 0 Å². The first-order chi connectivity index (χ1) is 11.6. The number of piperazine rings is 1. The molecule has 1 aliphatic rings. The molecule has 1 aliphatic heterocycles. The number of rotatable bonds is 5.